The molecule has 0 aromatic heterocycles. The standard InChI is InChI=1S/C23H24ClF6NO2S/c1-16-5-9-18(10-6-16)31(15-14-21(24)13-3-2-4-20(21)23(28,29)30)34(32,33)19-11-7-17(8-12-19)22(25,26)27/h5-12,20H,2-4,13-15H2,1H3. The van der Waals surface area contributed by atoms with Gasteiger partial charge in [0.25, 0.3) is 10.0 Å². The molecule has 188 valence electrons. The van der Waals surface area contributed by atoms with Crippen molar-refractivity contribution in [1.82, 2.24) is 0 Å². The lowest BCUT2D eigenvalue weighted by molar-refractivity contribution is -0.191. The Bertz CT molecular complexity index is 1080. The molecule has 0 bridgehead atoms. The maximum atomic E-state index is 13.7. The zero-order valence-electron chi connectivity index (χ0n) is 18.3. The Labute approximate surface area is 199 Å². The first-order chi connectivity index (χ1) is 15.6. The van der Waals surface area contributed by atoms with Crippen LogP contribution in [0.15, 0.2) is 53.4 Å². The van der Waals surface area contributed by atoms with Gasteiger partial charge in [0.05, 0.1) is 26.9 Å². The average molecular weight is 528 g/mol. The number of nitrogens with zero attached hydrogens (tertiary/aromatic N) is 1. The minimum atomic E-state index is -4.64. The van der Waals surface area contributed by atoms with Crippen molar-refractivity contribution in [2.75, 3.05) is 10.8 Å². The van der Waals surface area contributed by atoms with Gasteiger partial charge in [-0.15, -0.1) is 11.6 Å². The van der Waals surface area contributed by atoms with Gasteiger partial charge in [-0.3, -0.25) is 4.31 Å². The summed E-state index contributed by atoms with van der Waals surface area (Å²) in [6.07, 6.45) is -8.62. The van der Waals surface area contributed by atoms with E-state index in [2.05, 4.69) is 0 Å². The maximum absolute atomic E-state index is 13.7. The van der Waals surface area contributed by atoms with E-state index in [1.54, 1.807) is 19.1 Å². The second kappa shape index (κ2) is 9.60. The lowest BCUT2D eigenvalue weighted by Crippen LogP contribution is -2.46. The molecule has 34 heavy (non-hydrogen) atoms. The number of alkyl halides is 7. The largest absolute Gasteiger partial charge is 0.416 e. The predicted octanol–water partition coefficient (Wildman–Crippen LogP) is 7.33. The summed E-state index contributed by atoms with van der Waals surface area (Å²) >= 11 is 6.48. The third-order valence-electron chi connectivity index (χ3n) is 6.18. The summed E-state index contributed by atoms with van der Waals surface area (Å²) in [6, 6.07) is 9.28. The highest BCUT2D eigenvalue weighted by Gasteiger charge is 2.53. The highest BCUT2D eigenvalue weighted by Crippen LogP contribution is 2.49. The fourth-order valence-corrected chi connectivity index (χ4v) is 6.20. The summed E-state index contributed by atoms with van der Waals surface area (Å²) in [7, 11) is -4.38. The van der Waals surface area contributed by atoms with Crippen LogP contribution in [-0.2, 0) is 16.2 Å². The first kappa shape index (κ1) is 26.7. The van der Waals surface area contributed by atoms with E-state index in [1.807, 2.05) is 0 Å². The van der Waals surface area contributed by atoms with Crippen molar-refractivity contribution in [3.63, 3.8) is 0 Å². The van der Waals surface area contributed by atoms with Crippen LogP contribution in [0.25, 0.3) is 0 Å². The smallest absolute Gasteiger partial charge is 0.266 e. The lowest BCUT2D eigenvalue weighted by Gasteiger charge is -2.41. The van der Waals surface area contributed by atoms with Gasteiger partial charge >= 0.3 is 12.4 Å². The van der Waals surface area contributed by atoms with E-state index in [1.165, 1.54) is 12.1 Å². The molecule has 0 N–H and O–H groups in total. The number of rotatable bonds is 6. The Kier molecular flexibility index (Phi) is 7.53. The highest BCUT2D eigenvalue weighted by atomic mass is 35.5. The molecule has 2 aromatic carbocycles. The molecule has 11 heteroatoms. The number of anilines is 1. The minimum Gasteiger partial charge on any atom is -0.266 e. The maximum Gasteiger partial charge on any atom is 0.416 e. The van der Waals surface area contributed by atoms with Crippen LogP contribution in [0, 0.1) is 12.8 Å². The highest BCUT2D eigenvalue weighted by molar-refractivity contribution is 7.92. The summed E-state index contributed by atoms with van der Waals surface area (Å²) in [5.74, 6) is -1.77. The third-order valence-corrected chi connectivity index (χ3v) is 8.66. The Balaban J connectivity index is 1.97. The molecule has 0 saturated heterocycles. The quantitative estimate of drug-likeness (QED) is 0.291. The van der Waals surface area contributed by atoms with Crippen LogP contribution >= 0.6 is 11.6 Å². The minimum absolute atomic E-state index is 0.0841. The molecule has 0 radical (unpaired) electrons. The van der Waals surface area contributed by atoms with Crippen molar-refractivity contribution >= 4 is 27.3 Å². The van der Waals surface area contributed by atoms with Crippen LogP contribution in [0.3, 0.4) is 0 Å². The van der Waals surface area contributed by atoms with Gasteiger partial charge in [-0.05, 0) is 62.6 Å². The van der Waals surface area contributed by atoms with Crippen molar-refractivity contribution in [3.05, 3.63) is 59.7 Å². The molecule has 1 fully saturated rings. The van der Waals surface area contributed by atoms with Crippen LogP contribution < -0.4 is 4.31 Å². The van der Waals surface area contributed by atoms with Crippen molar-refractivity contribution in [1.29, 1.82) is 0 Å². The van der Waals surface area contributed by atoms with E-state index in [0.717, 1.165) is 22.0 Å². The molecule has 0 heterocycles. The van der Waals surface area contributed by atoms with E-state index >= 15 is 0 Å². The zero-order valence-corrected chi connectivity index (χ0v) is 19.8. The van der Waals surface area contributed by atoms with E-state index in [4.69, 9.17) is 11.6 Å². The van der Waals surface area contributed by atoms with E-state index in [0.29, 0.717) is 25.0 Å². The summed E-state index contributed by atoms with van der Waals surface area (Å²) < 4.78 is 107. The summed E-state index contributed by atoms with van der Waals surface area (Å²) in [5, 5.41) is 0. The number of sulfonamides is 1. The van der Waals surface area contributed by atoms with E-state index in [-0.39, 0.29) is 31.5 Å². The van der Waals surface area contributed by atoms with Crippen molar-refractivity contribution in [2.45, 2.75) is 61.2 Å². The molecule has 0 aliphatic heterocycles. The molecule has 3 nitrogen and oxygen atoms in total. The fraction of sp³-hybridized carbons (Fsp3) is 0.478. The fourth-order valence-electron chi connectivity index (χ4n) is 4.29. The average Bonchev–Trinajstić information content (AvgIpc) is 2.74. The Morgan fingerprint density at radius 1 is 0.971 bits per heavy atom. The monoisotopic (exact) mass is 527 g/mol. The molecular weight excluding hydrogens is 504 g/mol. The number of benzene rings is 2. The zero-order chi connectivity index (χ0) is 25.4. The topological polar surface area (TPSA) is 37.4 Å². The molecule has 2 aromatic rings. The molecule has 1 saturated carbocycles. The molecule has 2 unspecified atom stereocenters. The van der Waals surface area contributed by atoms with Gasteiger partial charge in [0, 0.05) is 6.54 Å². The second-order valence-corrected chi connectivity index (χ2v) is 11.2. The van der Waals surface area contributed by atoms with Gasteiger partial charge in [0.2, 0.25) is 0 Å². The predicted molar refractivity (Wildman–Crippen MR) is 118 cm³/mol. The summed E-state index contributed by atoms with van der Waals surface area (Å²) in [4.78, 5) is -2.07. The lowest BCUT2D eigenvalue weighted by atomic mass is 9.76. The number of hydrogen-bond acceptors (Lipinski definition) is 2. The van der Waals surface area contributed by atoms with Gasteiger partial charge in [0.1, 0.15) is 0 Å². The van der Waals surface area contributed by atoms with Crippen molar-refractivity contribution in [2.24, 2.45) is 5.92 Å². The molecule has 0 amide bonds. The Morgan fingerprint density at radius 2 is 1.56 bits per heavy atom. The molecule has 0 spiro atoms. The number of halogens is 7. The van der Waals surface area contributed by atoms with Gasteiger partial charge in [-0.1, -0.05) is 30.5 Å². The van der Waals surface area contributed by atoms with E-state index in [9.17, 15) is 34.8 Å². The third kappa shape index (κ3) is 5.82. The number of hydrogen-bond donors (Lipinski definition) is 0. The van der Waals surface area contributed by atoms with Crippen molar-refractivity contribution < 1.29 is 34.8 Å². The van der Waals surface area contributed by atoms with Gasteiger partial charge in [0.15, 0.2) is 0 Å². The summed E-state index contributed by atoms with van der Waals surface area (Å²) in [6.45, 7) is 1.42. The molecule has 1 aliphatic rings. The molecular formula is C23H24ClF6NO2S. The number of aryl methyl sites for hydroxylation is 1. The van der Waals surface area contributed by atoms with Crippen LogP contribution in [0.2, 0.25) is 0 Å². The van der Waals surface area contributed by atoms with Crippen LogP contribution in [0.5, 0.6) is 0 Å². The van der Waals surface area contributed by atoms with Crippen molar-refractivity contribution in [3.8, 4) is 0 Å². The van der Waals surface area contributed by atoms with Crippen LogP contribution in [0.4, 0.5) is 32.0 Å². The van der Waals surface area contributed by atoms with Gasteiger partial charge in [-0.2, -0.15) is 26.3 Å². The first-order valence-corrected chi connectivity index (χ1v) is 12.5. The van der Waals surface area contributed by atoms with Gasteiger partial charge < -0.3 is 0 Å². The Hall–Kier alpha value is -1.94. The molecule has 2 atom stereocenters. The van der Waals surface area contributed by atoms with E-state index < -0.39 is 43.6 Å². The van der Waals surface area contributed by atoms with Crippen LogP contribution in [-0.4, -0.2) is 26.0 Å². The van der Waals surface area contributed by atoms with Crippen LogP contribution in [0.1, 0.15) is 43.2 Å². The van der Waals surface area contributed by atoms with Gasteiger partial charge in [-0.25, -0.2) is 8.42 Å². The first-order valence-electron chi connectivity index (χ1n) is 10.7. The molecule has 1 aliphatic carbocycles. The normalized spacial score (nSPS) is 21.9. The second-order valence-electron chi connectivity index (χ2n) is 8.56. The molecule has 3 rings (SSSR count). The SMILES string of the molecule is Cc1ccc(N(CCC2(Cl)CCCCC2C(F)(F)F)S(=O)(=O)c2ccc(C(F)(F)F)cc2)cc1. The summed E-state index contributed by atoms with van der Waals surface area (Å²) in [5.41, 5.74) is 0.00209. The Morgan fingerprint density at radius 3 is 2.09 bits per heavy atom.